The van der Waals surface area contributed by atoms with Gasteiger partial charge in [0.25, 0.3) is 10.1 Å². The number of rotatable bonds is 4. The Kier molecular flexibility index (Phi) is 5.91. The maximum Gasteiger partial charge on any atom is 1.00 e. The third-order valence-corrected chi connectivity index (χ3v) is 2.97. The van der Waals surface area contributed by atoms with Gasteiger partial charge in [0.15, 0.2) is 0 Å². The van der Waals surface area contributed by atoms with Crippen molar-refractivity contribution >= 4 is 22.1 Å². The monoisotopic (exact) mass is 236 g/mol. The third-order valence-electron chi connectivity index (χ3n) is 1.51. The van der Waals surface area contributed by atoms with Gasteiger partial charge in [0.2, 0.25) is 4.75 Å². The first kappa shape index (κ1) is 16.3. The summed E-state index contributed by atoms with van der Waals surface area (Å²) in [5.74, 6) is -3.53. The normalized spacial score (nSPS) is 15.0. The first-order chi connectivity index (χ1) is 5.61. The Morgan fingerprint density at radius 1 is 1.36 bits per heavy atom. The first-order valence-corrected chi connectivity index (χ1v) is 4.47. The molecule has 14 heavy (non-hydrogen) atoms. The second kappa shape index (κ2) is 5.08. The van der Waals surface area contributed by atoms with Crippen LogP contribution in [0.1, 0.15) is 14.8 Å². The molecule has 78 valence electrons. The minimum Gasteiger partial charge on any atom is -1.00 e. The van der Waals surface area contributed by atoms with Gasteiger partial charge < -0.3 is 11.6 Å². The van der Waals surface area contributed by atoms with Crippen LogP contribution in [0, 0.1) is 0 Å². The third kappa shape index (κ3) is 3.54. The zero-order valence-corrected chi connectivity index (χ0v) is 10.4. The molecule has 3 N–H and O–H groups in total. The minimum absolute atomic E-state index is 0. The summed E-state index contributed by atoms with van der Waals surface area (Å²) < 4.78 is 26.9. The fourth-order valence-electron chi connectivity index (χ4n) is 0.566. The Morgan fingerprint density at radius 2 is 1.71 bits per heavy atom. The second-order valence-electron chi connectivity index (χ2n) is 2.58. The van der Waals surface area contributed by atoms with Crippen LogP contribution in [0.4, 0.5) is 0 Å². The second-order valence-corrected chi connectivity index (χ2v) is 4.43. The van der Waals surface area contributed by atoms with Crippen LogP contribution in [0.2, 0.25) is 0 Å². The van der Waals surface area contributed by atoms with E-state index in [1.807, 2.05) is 0 Å². The zero-order valence-electron chi connectivity index (χ0n) is 8.59. The van der Waals surface area contributed by atoms with Crippen LogP contribution in [0.3, 0.4) is 0 Å². The Labute approximate surface area is 104 Å². The molecule has 0 fully saturated rings. The predicted octanol–water partition coefficient (Wildman–Crippen LogP) is -3.69. The van der Waals surface area contributed by atoms with Crippen LogP contribution in [0.25, 0.3) is 0 Å². The summed E-state index contributed by atoms with van der Waals surface area (Å²) in [6.07, 6.45) is -1.19. The molecule has 0 aromatic carbocycles. The van der Waals surface area contributed by atoms with Crippen molar-refractivity contribution in [2.75, 3.05) is 0 Å². The van der Waals surface area contributed by atoms with Crippen LogP contribution in [0.15, 0.2) is 0 Å². The van der Waals surface area contributed by atoms with E-state index in [-0.39, 0.29) is 31.0 Å². The quantitative estimate of drug-likeness (QED) is 0.338. The summed E-state index contributed by atoms with van der Waals surface area (Å²) in [6.45, 7) is 0.624. The molecule has 1 unspecified atom stereocenters. The molecule has 0 spiro atoms. The number of hydrogen-bond acceptors (Lipinski definition) is 4. The molecule has 1 atom stereocenters. The van der Waals surface area contributed by atoms with E-state index < -0.39 is 33.2 Å². The number of carboxylic acid groups (broad SMARTS) is 2. The van der Waals surface area contributed by atoms with Crippen LogP contribution in [0.5, 0.6) is 0 Å². The molecule has 7 nitrogen and oxygen atoms in total. The van der Waals surface area contributed by atoms with Gasteiger partial charge in [-0.05, 0) is 6.92 Å². The average molecular weight is 236 g/mol. The number of aliphatic carboxylic acids is 2. The van der Waals surface area contributed by atoms with Crippen molar-refractivity contribution in [3.63, 3.8) is 0 Å². The summed E-state index contributed by atoms with van der Waals surface area (Å²) in [7, 11) is -4.94. The maximum atomic E-state index is 10.5. The Bertz CT molecular complexity index is 339. The number of carboxylic acids is 2. The molecule has 0 aliphatic heterocycles. The molecule has 9 heteroatoms. The van der Waals surface area contributed by atoms with Gasteiger partial charge in [0.05, 0.1) is 6.42 Å². The van der Waals surface area contributed by atoms with E-state index in [4.69, 9.17) is 14.8 Å². The van der Waals surface area contributed by atoms with Crippen molar-refractivity contribution in [3.8, 4) is 0 Å². The Hall–Kier alpha value is -0.150. The molecule has 0 rings (SSSR count). The fourth-order valence-corrected chi connectivity index (χ4v) is 1.09. The first-order valence-electron chi connectivity index (χ1n) is 3.03. The number of carbonyl (C=O) groups is 2. The molecular formula is C5H9NaO7S. The number of hydrogen-bond donors (Lipinski definition) is 3. The van der Waals surface area contributed by atoms with E-state index in [0.717, 1.165) is 0 Å². The molecule has 0 aromatic heterocycles. The van der Waals surface area contributed by atoms with Gasteiger partial charge in [-0.2, -0.15) is 8.42 Å². The van der Waals surface area contributed by atoms with Gasteiger partial charge in [0.1, 0.15) is 0 Å². The van der Waals surface area contributed by atoms with Crippen molar-refractivity contribution in [1.82, 2.24) is 0 Å². The summed E-state index contributed by atoms with van der Waals surface area (Å²) in [5.41, 5.74) is 0. The van der Waals surface area contributed by atoms with Crippen molar-refractivity contribution < 1.29 is 63.8 Å². The van der Waals surface area contributed by atoms with Gasteiger partial charge >= 0.3 is 41.5 Å². The molecule has 0 saturated carbocycles. The molecular weight excluding hydrogens is 227 g/mol. The van der Waals surface area contributed by atoms with E-state index in [1.165, 1.54) is 0 Å². The van der Waals surface area contributed by atoms with Crippen molar-refractivity contribution in [2.45, 2.75) is 18.1 Å². The standard InChI is InChI=1S/C5H8O7S.Na.H/c1-5(4(8)9,2-3(6)7)13(10,11)12;;/h2H2,1H3,(H,6,7)(H,8,9)(H,10,11,12);;/q;+1;-1. The van der Waals surface area contributed by atoms with Gasteiger partial charge in [-0.3, -0.25) is 14.1 Å². The SMILES string of the molecule is CC(CC(=O)O)(C(=O)O)S(=O)(=O)O.[H-].[Na+]. The summed E-state index contributed by atoms with van der Waals surface area (Å²) in [6, 6.07) is 0. The topological polar surface area (TPSA) is 129 Å². The predicted molar refractivity (Wildman–Crippen MR) is 41.0 cm³/mol. The van der Waals surface area contributed by atoms with Crippen LogP contribution >= 0.6 is 0 Å². The van der Waals surface area contributed by atoms with Crippen LogP contribution < -0.4 is 29.6 Å². The van der Waals surface area contributed by atoms with Gasteiger partial charge in [0, 0.05) is 0 Å². The molecule has 0 aromatic rings. The average Bonchev–Trinajstić information content (AvgIpc) is 1.82. The van der Waals surface area contributed by atoms with Crippen LogP contribution in [-0.2, 0) is 19.7 Å². The van der Waals surface area contributed by atoms with E-state index >= 15 is 0 Å². The maximum absolute atomic E-state index is 10.5. The van der Waals surface area contributed by atoms with Crippen molar-refractivity contribution in [2.24, 2.45) is 0 Å². The van der Waals surface area contributed by atoms with E-state index in [2.05, 4.69) is 0 Å². The largest absolute Gasteiger partial charge is 1.00 e. The van der Waals surface area contributed by atoms with E-state index in [1.54, 1.807) is 0 Å². The van der Waals surface area contributed by atoms with Gasteiger partial charge in [-0.25, -0.2) is 0 Å². The molecule has 0 heterocycles. The summed E-state index contributed by atoms with van der Waals surface area (Å²) in [4.78, 5) is 20.5. The molecule has 0 amide bonds. The van der Waals surface area contributed by atoms with Crippen molar-refractivity contribution in [3.05, 3.63) is 0 Å². The Morgan fingerprint density at radius 3 is 1.79 bits per heavy atom. The van der Waals surface area contributed by atoms with E-state index in [9.17, 15) is 18.0 Å². The molecule has 0 aliphatic rings. The molecule has 0 saturated heterocycles. The summed E-state index contributed by atoms with van der Waals surface area (Å²) in [5, 5.41) is 16.6. The van der Waals surface area contributed by atoms with Gasteiger partial charge in [-0.1, -0.05) is 0 Å². The zero-order chi connectivity index (χ0) is 10.9. The molecule has 0 bridgehead atoms. The smallest absolute Gasteiger partial charge is 1.00 e. The molecule has 0 aliphatic carbocycles. The van der Waals surface area contributed by atoms with Crippen molar-refractivity contribution in [1.29, 1.82) is 0 Å². The van der Waals surface area contributed by atoms with Crippen LogP contribution in [-0.4, -0.2) is 39.9 Å². The molecule has 0 radical (unpaired) electrons. The van der Waals surface area contributed by atoms with E-state index in [0.29, 0.717) is 6.92 Å². The Balaban J connectivity index is -0.000000720. The fraction of sp³-hybridized carbons (Fsp3) is 0.600. The van der Waals surface area contributed by atoms with Gasteiger partial charge in [-0.15, -0.1) is 0 Å². The minimum atomic E-state index is -4.94. The summed E-state index contributed by atoms with van der Waals surface area (Å²) >= 11 is 0.